The Bertz CT molecular complexity index is 422. The Balaban J connectivity index is 2.92. The first kappa shape index (κ1) is 15.5. The highest BCUT2D eigenvalue weighted by atomic mass is 19.4. The summed E-state index contributed by atoms with van der Waals surface area (Å²) >= 11 is 0. The van der Waals surface area contributed by atoms with Gasteiger partial charge in [-0.05, 0) is 12.0 Å². The summed E-state index contributed by atoms with van der Waals surface area (Å²) in [5, 5.41) is 9.29. The van der Waals surface area contributed by atoms with Gasteiger partial charge in [0, 0.05) is 6.54 Å². The summed E-state index contributed by atoms with van der Waals surface area (Å²) < 4.78 is 39.5. The molecule has 0 saturated carbocycles. The van der Waals surface area contributed by atoms with Gasteiger partial charge in [0.25, 0.3) is 0 Å². The zero-order valence-corrected chi connectivity index (χ0v) is 9.98. The molecule has 7 heteroatoms. The van der Waals surface area contributed by atoms with Gasteiger partial charge < -0.3 is 10.8 Å². The van der Waals surface area contributed by atoms with E-state index in [1.54, 1.807) is 18.2 Å². The highest BCUT2D eigenvalue weighted by Gasteiger charge is 2.40. The lowest BCUT2D eigenvalue weighted by atomic mass is 9.78. The van der Waals surface area contributed by atoms with Crippen LogP contribution in [-0.2, 0) is 14.9 Å². The molecule has 0 aliphatic carbocycles. The van der Waals surface area contributed by atoms with Gasteiger partial charge in [0.05, 0.1) is 6.61 Å². The molecule has 19 heavy (non-hydrogen) atoms. The number of nitrogens with two attached hydrogens (primary N) is 1. The second-order valence-corrected chi connectivity index (χ2v) is 4.00. The molecule has 0 aromatic heterocycles. The second-order valence-electron chi connectivity index (χ2n) is 4.00. The summed E-state index contributed by atoms with van der Waals surface area (Å²) in [5.74, 6) is -1.27. The molecule has 1 aromatic rings. The molecule has 1 aromatic carbocycles. The van der Waals surface area contributed by atoms with Crippen molar-refractivity contribution in [3.8, 4) is 0 Å². The van der Waals surface area contributed by atoms with Crippen molar-refractivity contribution in [1.82, 2.24) is 0 Å². The zero-order valence-electron chi connectivity index (χ0n) is 9.98. The molecule has 1 atom stereocenters. The van der Waals surface area contributed by atoms with E-state index < -0.39 is 24.4 Å². The predicted molar refractivity (Wildman–Crippen MR) is 61.4 cm³/mol. The molecule has 0 bridgehead atoms. The lowest BCUT2D eigenvalue weighted by Gasteiger charge is -2.28. The topological polar surface area (TPSA) is 72.5 Å². The third kappa shape index (κ3) is 3.93. The highest BCUT2D eigenvalue weighted by Crippen LogP contribution is 2.29. The van der Waals surface area contributed by atoms with Crippen LogP contribution in [0.3, 0.4) is 0 Å². The molecular weight excluding hydrogens is 263 g/mol. The van der Waals surface area contributed by atoms with E-state index in [1.165, 1.54) is 12.1 Å². The van der Waals surface area contributed by atoms with Gasteiger partial charge >= 0.3 is 12.3 Å². The van der Waals surface area contributed by atoms with Gasteiger partial charge in [0.1, 0.15) is 5.41 Å². The van der Waals surface area contributed by atoms with Gasteiger partial charge in [-0.15, -0.1) is 13.2 Å². The minimum atomic E-state index is -4.78. The third-order valence-electron chi connectivity index (χ3n) is 2.88. The fraction of sp³-hybridized carbons (Fsp3) is 0.417. The van der Waals surface area contributed by atoms with E-state index in [9.17, 15) is 23.1 Å². The van der Waals surface area contributed by atoms with E-state index in [0.29, 0.717) is 5.56 Å². The van der Waals surface area contributed by atoms with Crippen molar-refractivity contribution >= 4 is 5.97 Å². The molecule has 0 aliphatic rings. The van der Waals surface area contributed by atoms with Crippen LogP contribution in [0.1, 0.15) is 12.0 Å². The second kappa shape index (κ2) is 6.03. The molecule has 0 fully saturated rings. The summed E-state index contributed by atoms with van der Waals surface area (Å²) in [6, 6.07) is 7.93. The Morgan fingerprint density at radius 1 is 1.26 bits per heavy atom. The van der Waals surface area contributed by atoms with E-state index >= 15 is 0 Å². The minimum absolute atomic E-state index is 0.312. The standard InChI is InChI=1S/C12H14F3NO3/c13-12(14,15)19-7-6-11(8-16,10(17)18)9-4-2-1-3-5-9/h1-5H,6-8,16H2,(H,17,18). The lowest BCUT2D eigenvalue weighted by molar-refractivity contribution is -0.325. The van der Waals surface area contributed by atoms with E-state index in [2.05, 4.69) is 4.74 Å². The third-order valence-corrected chi connectivity index (χ3v) is 2.88. The van der Waals surface area contributed by atoms with Crippen molar-refractivity contribution < 1.29 is 27.8 Å². The number of halogens is 3. The Kier molecular flexibility index (Phi) is 4.90. The van der Waals surface area contributed by atoms with Crippen LogP contribution >= 0.6 is 0 Å². The van der Waals surface area contributed by atoms with Crippen LogP contribution in [0.2, 0.25) is 0 Å². The first-order valence-corrected chi connectivity index (χ1v) is 5.51. The fourth-order valence-electron chi connectivity index (χ4n) is 1.78. The number of aliphatic carboxylic acids is 1. The summed E-state index contributed by atoms with van der Waals surface area (Å²) in [5.41, 5.74) is 4.25. The Labute approximate surface area is 108 Å². The first-order valence-electron chi connectivity index (χ1n) is 5.51. The van der Waals surface area contributed by atoms with Crippen LogP contribution in [0.4, 0.5) is 13.2 Å². The van der Waals surface area contributed by atoms with E-state index in [4.69, 9.17) is 5.73 Å². The molecule has 0 saturated heterocycles. The minimum Gasteiger partial charge on any atom is -0.481 e. The number of carbonyl (C=O) groups is 1. The largest absolute Gasteiger partial charge is 0.522 e. The van der Waals surface area contributed by atoms with E-state index in [1.807, 2.05) is 0 Å². The number of carboxylic acids is 1. The fourth-order valence-corrected chi connectivity index (χ4v) is 1.78. The summed E-state index contributed by atoms with van der Waals surface area (Å²) in [4.78, 5) is 11.4. The quantitative estimate of drug-likeness (QED) is 0.833. The summed E-state index contributed by atoms with van der Waals surface area (Å²) in [7, 11) is 0. The summed E-state index contributed by atoms with van der Waals surface area (Å²) in [6.45, 7) is -1.07. The molecule has 106 valence electrons. The van der Waals surface area contributed by atoms with Crippen LogP contribution in [-0.4, -0.2) is 30.6 Å². The number of hydrogen-bond donors (Lipinski definition) is 2. The lowest BCUT2D eigenvalue weighted by Crippen LogP contribution is -2.44. The average molecular weight is 277 g/mol. The number of ether oxygens (including phenoxy) is 1. The predicted octanol–water partition coefficient (Wildman–Crippen LogP) is 1.89. The van der Waals surface area contributed by atoms with Crippen LogP contribution in [0.25, 0.3) is 0 Å². The van der Waals surface area contributed by atoms with Crippen LogP contribution in [0.5, 0.6) is 0 Å². The monoisotopic (exact) mass is 277 g/mol. The van der Waals surface area contributed by atoms with Crippen molar-refractivity contribution in [3.05, 3.63) is 35.9 Å². The van der Waals surface area contributed by atoms with Gasteiger partial charge in [-0.1, -0.05) is 30.3 Å². The molecular formula is C12H14F3NO3. The van der Waals surface area contributed by atoms with Gasteiger partial charge in [0.2, 0.25) is 0 Å². The molecule has 3 N–H and O–H groups in total. The maximum absolute atomic E-state index is 11.9. The van der Waals surface area contributed by atoms with Gasteiger partial charge in [-0.2, -0.15) is 0 Å². The molecule has 0 amide bonds. The van der Waals surface area contributed by atoms with Crippen molar-refractivity contribution in [2.24, 2.45) is 5.73 Å². The van der Waals surface area contributed by atoms with Gasteiger partial charge in [0.15, 0.2) is 0 Å². The van der Waals surface area contributed by atoms with Crippen molar-refractivity contribution in [1.29, 1.82) is 0 Å². The van der Waals surface area contributed by atoms with Crippen molar-refractivity contribution in [2.75, 3.05) is 13.2 Å². The molecule has 1 unspecified atom stereocenters. The Morgan fingerprint density at radius 3 is 2.26 bits per heavy atom. The number of alkyl halides is 3. The van der Waals surface area contributed by atoms with Crippen molar-refractivity contribution in [3.63, 3.8) is 0 Å². The van der Waals surface area contributed by atoms with Gasteiger partial charge in [-0.3, -0.25) is 9.53 Å². The Hall–Kier alpha value is -1.60. The molecule has 0 spiro atoms. The Morgan fingerprint density at radius 2 is 1.84 bits per heavy atom. The van der Waals surface area contributed by atoms with E-state index in [-0.39, 0.29) is 13.0 Å². The number of hydrogen-bond acceptors (Lipinski definition) is 3. The van der Waals surface area contributed by atoms with Crippen LogP contribution in [0, 0.1) is 0 Å². The molecule has 0 aliphatic heterocycles. The van der Waals surface area contributed by atoms with Gasteiger partial charge in [-0.25, -0.2) is 0 Å². The van der Waals surface area contributed by atoms with Crippen LogP contribution < -0.4 is 5.73 Å². The highest BCUT2D eigenvalue weighted by molar-refractivity contribution is 5.81. The number of carboxylic acid groups (broad SMARTS) is 1. The number of rotatable bonds is 6. The van der Waals surface area contributed by atoms with Crippen LogP contribution in [0.15, 0.2) is 30.3 Å². The normalized spacial score (nSPS) is 14.9. The first-order chi connectivity index (χ1) is 8.82. The molecule has 4 nitrogen and oxygen atoms in total. The van der Waals surface area contributed by atoms with Crippen molar-refractivity contribution in [2.45, 2.75) is 18.2 Å². The zero-order chi connectivity index (χ0) is 14.5. The smallest absolute Gasteiger partial charge is 0.481 e. The molecule has 0 radical (unpaired) electrons. The maximum atomic E-state index is 11.9. The molecule has 1 rings (SSSR count). The maximum Gasteiger partial charge on any atom is 0.522 e. The SMILES string of the molecule is NCC(CCOC(F)(F)F)(C(=O)O)c1ccccc1. The average Bonchev–Trinajstić information content (AvgIpc) is 2.34. The summed E-state index contributed by atoms with van der Waals surface area (Å²) in [6.07, 6.45) is -5.14. The number of benzene rings is 1. The molecule has 0 heterocycles. The van der Waals surface area contributed by atoms with E-state index in [0.717, 1.165) is 0 Å².